The molecule has 15 heteroatoms. The Hall–Kier alpha value is -3.33. The third kappa shape index (κ3) is 9.18. The van der Waals surface area contributed by atoms with Crippen LogP contribution in [0.15, 0.2) is 40.9 Å². The first-order chi connectivity index (χ1) is 26.1. The largest absolute Gasteiger partial charge is 0.504 e. The highest BCUT2D eigenvalue weighted by Gasteiger charge is 2.53. The molecule has 9 nitrogen and oxygen atoms in total. The molecule has 4 fully saturated rings. The monoisotopic (exact) mass is 801 g/mol. The normalized spacial score (nSPS) is 35.1. The Balaban J connectivity index is 1.36. The van der Waals surface area contributed by atoms with Crippen molar-refractivity contribution in [3.05, 3.63) is 52.3 Å². The van der Waals surface area contributed by atoms with Crippen molar-refractivity contribution in [1.29, 1.82) is 0 Å². The summed E-state index contributed by atoms with van der Waals surface area (Å²) >= 11 is 0. The molecular weight excluding hydrogens is 744 g/mol. The van der Waals surface area contributed by atoms with E-state index in [-0.39, 0.29) is 83.5 Å². The van der Waals surface area contributed by atoms with Gasteiger partial charge in [0, 0.05) is 24.2 Å². The fraction of sp³-hybridized carbons (Fsp3) is 0.732. The maximum atomic E-state index is 14.2. The van der Waals surface area contributed by atoms with E-state index in [1.807, 2.05) is 13.8 Å². The third-order valence-electron chi connectivity index (χ3n) is 13.9. The van der Waals surface area contributed by atoms with E-state index >= 15 is 0 Å². The van der Waals surface area contributed by atoms with E-state index in [0.29, 0.717) is 25.7 Å². The number of aromatic nitrogens is 1. The topological polar surface area (TPSA) is 130 Å². The van der Waals surface area contributed by atoms with Crippen molar-refractivity contribution in [2.24, 2.45) is 46.3 Å². The van der Waals surface area contributed by atoms with Crippen molar-refractivity contribution in [3.8, 4) is 0 Å². The van der Waals surface area contributed by atoms with E-state index in [2.05, 4.69) is 29.5 Å². The van der Waals surface area contributed by atoms with Crippen LogP contribution in [0.25, 0.3) is 0 Å². The average molecular weight is 802 g/mol. The number of halogens is 6. The third-order valence-corrected chi connectivity index (χ3v) is 13.9. The zero-order valence-electron chi connectivity index (χ0n) is 33.1. The number of aliphatic hydroxyl groups excluding tert-OH is 2. The molecule has 56 heavy (non-hydrogen) atoms. The predicted molar refractivity (Wildman–Crippen MR) is 197 cm³/mol. The van der Waals surface area contributed by atoms with Crippen LogP contribution in [0, 0.1) is 46.3 Å². The minimum absolute atomic E-state index is 0.0468. The SMILES string of the molecule is C[C@@H]1CC[C@@](C)(/C(CNC(=O)c2cccc(C(=O)NC/C(=C(/O)C(F)(F)F)[C@]3(C)CC[C@@H](C)[C@@H]4CC[C@H](C)OCC43)n2)=C(\O)C(F)(F)F)C2CO[C@@H](C)CC[C@H]21. The summed E-state index contributed by atoms with van der Waals surface area (Å²) in [5, 5.41) is 26.2. The van der Waals surface area contributed by atoms with Crippen LogP contribution in [-0.4, -0.2) is 77.9 Å². The van der Waals surface area contributed by atoms with E-state index < -0.39 is 59.6 Å². The molecule has 2 saturated heterocycles. The van der Waals surface area contributed by atoms with Gasteiger partial charge in [0.15, 0.2) is 11.5 Å². The first-order valence-corrected chi connectivity index (χ1v) is 19.8. The number of fused-ring (bicyclic) bond motifs is 2. The van der Waals surface area contributed by atoms with E-state index in [1.165, 1.54) is 18.2 Å². The lowest BCUT2D eigenvalue weighted by atomic mass is 9.55. The zero-order chi connectivity index (χ0) is 41.4. The van der Waals surface area contributed by atoms with Crippen LogP contribution in [0.2, 0.25) is 0 Å². The van der Waals surface area contributed by atoms with Gasteiger partial charge in [0.1, 0.15) is 11.4 Å². The highest BCUT2D eigenvalue weighted by molar-refractivity contribution is 5.96. The number of ether oxygens (including phenoxy) is 2. The molecule has 1 aromatic rings. The molecule has 4 N–H and O–H groups in total. The van der Waals surface area contributed by atoms with Gasteiger partial charge in [-0.05, 0) is 124 Å². The number of nitrogens with one attached hydrogen (secondary N) is 2. The molecule has 314 valence electrons. The van der Waals surface area contributed by atoms with E-state index in [0.717, 1.165) is 25.7 Å². The number of rotatable bonds is 8. The Morgan fingerprint density at radius 2 is 1.07 bits per heavy atom. The molecule has 1 aromatic heterocycles. The molecule has 0 spiro atoms. The van der Waals surface area contributed by atoms with Crippen molar-refractivity contribution < 1.29 is 55.6 Å². The highest BCUT2D eigenvalue weighted by Crippen LogP contribution is 2.56. The van der Waals surface area contributed by atoms with Crippen molar-refractivity contribution in [1.82, 2.24) is 15.6 Å². The van der Waals surface area contributed by atoms with Gasteiger partial charge < -0.3 is 30.3 Å². The number of pyridine rings is 1. The van der Waals surface area contributed by atoms with Gasteiger partial charge in [-0.25, -0.2) is 4.98 Å². The lowest BCUT2D eigenvalue weighted by molar-refractivity contribution is -0.125. The maximum Gasteiger partial charge on any atom is 0.448 e. The van der Waals surface area contributed by atoms with Crippen LogP contribution < -0.4 is 10.6 Å². The van der Waals surface area contributed by atoms with Crippen molar-refractivity contribution >= 4 is 11.8 Å². The Morgan fingerprint density at radius 1 is 0.696 bits per heavy atom. The summed E-state index contributed by atoms with van der Waals surface area (Å²) in [6.45, 7) is 10.5. The number of allylic oxidation sites excluding steroid dienone is 2. The summed E-state index contributed by atoms with van der Waals surface area (Å²) in [5.41, 5.74) is -3.71. The minimum atomic E-state index is -5.08. The lowest BCUT2D eigenvalue weighted by Crippen LogP contribution is -2.47. The molecule has 0 bridgehead atoms. The first-order valence-electron chi connectivity index (χ1n) is 19.8. The van der Waals surface area contributed by atoms with Crippen molar-refractivity contribution in [2.45, 2.75) is 117 Å². The summed E-state index contributed by atoms with van der Waals surface area (Å²) in [4.78, 5) is 31.0. The lowest BCUT2D eigenvalue weighted by Gasteiger charge is -2.49. The van der Waals surface area contributed by atoms with Crippen LogP contribution in [-0.2, 0) is 9.47 Å². The fourth-order valence-electron chi connectivity index (χ4n) is 10.1. The minimum Gasteiger partial charge on any atom is -0.504 e. The standard InChI is InChI=1S/C41H57F6N3O6/c1-22-14-16-38(5,30-20-55-24(3)10-12-26(22)30)28(34(51)40(42,43)44)18-48-36(53)32-8-7-9-33(50-32)37(54)49-19-29(35(52)41(45,46)47)39(6)17-15-23(2)27-13-11-25(4)56-21-31(27)39/h7-9,22-27,30-31,51-52H,10-21H2,1-6H3,(H,48,53)(H,49,54)/b34-28-,35-29-/t22-,23-,24+,25+,26+,27+,30?,31?,38+,39+/m1/s1. The van der Waals surface area contributed by atoms with Crippen molar-refractivity contribution in [2.75, 3.05) is 26.3 Å². The first kappa shape index (κ1) is 43.8. The van der Waals surface area contributed by atoms with Crippen LogP contribution in [0.4, 0.5) is 26.3 Å². The van der Waals surface area contributed by atoms with Gasteiger partial charge in [-0.15, -0.1) is 0 Å². The van der Waals surface area contributed by atoms with Gasteiger partial charge >= 0.3 is 12.4 Å². The molecular formula is C41H57F6N3O6. The van der Waals surface area contributed by atoms with E-state index in [4.69, 9.17) is 9.47 Å². The number of hydrogen-bond donors (Lipinski definition) is 4. The van der Waals surface area contributed by atoms with Gasteiger partial charge in [0.2, 0.25) is 0 Å². The maximum absolute atomic E-state index is 14.2. The van der Waals surface area contributed by atoms with Gasteiger partial charge in [0.05, 0.1) is 25.4 Å². The molecule has 0 radical (unpaired) electrons. The summed E-state index contributed by atoms with van der Waals surface area (Å²) in [6.07, 6.45) is -5.37. The number of carbonyl (C=O) groups is 2. The van der Waals surface area contributed by atoms with Gasteiger partial charge in [-0.1, -0.05) is 33.8 Å². The zero-order valence-corrected chi connectivity index (χ0v) is 33.1. The van der Waals surface area contributed by atoms with E-state index in [9.17, 15) is 46.1 Å². The predicted octanol–water partition coefficient (Wildman–Crippen LogP) is 9.03. The summed E-state index contributed by atoms with van der Waals surface area (Å²) in [6, 6.07) is 3.82. The molecule has 2 amide bonds. The molecule has 10 atom stereocenters. The Kier molecular flexibility index (Phi) is 13.2. The summed E-state index contributed by atoms with van der Waals surface area (Å²) < 4.78 is 97.1. The fourth-order valence-corrected chi connectivity index (χ4v) is 10.1. The molecule has 3 heterocycles. The average Bonchev–Trinajstić information content (AvgIpc) is 3.47. The number of carbonyl (C=O) groups excluding carboxylic acids is 2. The Labute approximate surface area is 325 Å². The molecule has 0 aromatic carbocycles. The van der Waals surface area contributed by atoms with Crippen LogP contribution >= 0.6 is 0 Å². The second kappa shape index (κ2) is 16.9. The van der Waals surface area contributed by atoms with Crippen LogP contribution in [0.1, 0.15) is 114 Å². The smallest absolute Gasteiger partial charge is 0.448 e. The molecule has 5 rings (SSSR count). The highest BCUT2D eigenvalue weighted by atomic mass is 19.4. The van der Waals surface area contributed by atoms with E-state index in [1.54, 1.807) is 13.8 Å². The number of hydrogen-bond acceptors (Lipinski definition) is 7. The summed E-state index contributed by atoms with van der Waals surface area (Å²) in [7, 11) is 0. The summed E-state index contributed by atoms with van der Waals surface area (Å²) in [5.74, 6) is -5.52. The Morgan fingerprint density at radius 3 is 1.43 bits per heavy atom. The van der Waals surface area contributed by atoms with Crippen LogP contribution in [0.3, 0.4) is 0 Å². The number of aliphatic hydroxyl groups is 2. The molecule has 2 aliphatic carbocycles. The second-order valence-corrected chi connectivity index (χ2v) is 17.3. The quantitative estimate of drug-likeness (QED) is 0.153. The number of nitrogens with zero attached hydrogens (tertiary/aromatic N) is 1. The van der Waals surface area contributed by atoms with Crippen molar-refractivity contribution in [3.63, 3.8) is 0 Å². The molecule has 4 aliphatic rings. The molecule has 2 saturated carbocycles. The number of alkyl halides is 6. The van der Waals surface area contributed by atoms with Gasteiger partial charge in [0.25, 0.3) is 11.8 Å². The second-order valence-electron chi connectivity index (χ2n) is 17.3. The molecule has 2 aliphatic heterocycles. The molecule has 2 unspecified atom stereocenters. The van der Waals surface area contributed by atoms with Crippen LogP contribution in [0.5, 0.6) is 0 Å². The van der Waals surface area contributed by atoms with Gasteiger partial charge in [-0.2, -0.15) is 26.3 Å². The van der Waals surface area contributed by atoms with Gasteiger partial charge in [-0.3, -0.25) is 9.59 Å². The number of amides is 2. The Bertz CT molecular complexity index is 1550.